The minimum absolute atomic E-state index is 0.164. The number of hydrogen-bond donors (Lipinski definition) is 2. The van der Waals surface area contributed by atoms with Crippen LogP contribution in [0.1, 0.15) is 30.7 Å². The summed E-state index contributed by atoms with van der Waals surface area (Å²) in [6, 6.07) is 8.75. The van der Waals surface area contributed by atoms with Crippen LogP contribution in [-0.2, 0) is 4.79 Å². The van der Waals surface area contributed by atoms with E-state index < -0.39 is 0 Å². The molecule has 1 saturated carbocycles. The molecule has 0 spiro atoms. The second-order valence-corrected chi connectivity index (χ2v) is 7.90. The van der Waals surface area contributed by atoms with Gasteiger partial charge in [-0.3, -0.25) is 14.7 Å². The number of nitrogens with zero attached hydrogens (tertiary/aromatic N) is 3. The lowest BCUT2D eigenvalue weighted by molar-refractivity contribution is -0.122. The number of piperazine rings is 1. The molecule has 3 aliphatic rings. The Hall–Kier alpha value is -2.28. The number of guanidine groups is 1. The lowest BCUT2D eigenvalue weighted by Gasteiger charge is -2.36. The molecule has 0 aromatic heterocycles. The SMILES string of the molecule is CN=C(NCC1CCOc2ccccc21)N1CCN(CC(=O)NC2CC2)CC1. The number of benzene rings is 1. The fraction of sp³-hybridized carbons (Fsp3) is 0.619. The van der Waals surface area contributed by atoms with E-state index in [9.17, 15) is 4.79 Å². The number of ether oxygens (including phenoxy) is 1. The fourth-order valence-corrected chi connectivity index (χ4v) is 4.00. The van der Waals surface area contributed by atoms with Crippen molar-refractivity contribution in [1.82, 2.24) is 20.4 Å². The largest absolute Gasteiger partial charge is 0.493 e. The number of aliphatic imine (C=N–C) groups is 1. The maximum Gasteiger partial charge on any atom is 0.234 e. The summed E-state index contributed by atoms with van der Waals surface area (Å²) in [6.45, 7) is 5.69. The van der Waals surface area contributed by atoms with Crippen LogP contribution in [-0.4, -0.2) is 80.6 Å². The molecule has 2 heterocycles. The molecule has 1 unspecified atom stereocenters. The molecule has 2 N–H and O–H groups in total. The van der Waals surface area contributed by atoms with Gasteiger partial charge in [-0.2, -0.15) is 0 Å². The van der Waals surface area contributed by atoms with Gasteiger partial charge >= 0.3 is 0 Å². The summed E-state index contributed by atoms with van der Waals surface area (Å²) in [7, 11) is 1.84. The third kappa shape index (κ3) is 4.76. The van der Waals surface area contributed by atoms with Gasteiger partial charge in [0, 0.05) is 51.7 Å². The first-order chi connectivity index (χ1) is 13.7. The Morgan fingerprint density at radius 3 is 2.71 bits per heavy atom. The molecule has 4 rings (SSSR count). The Morgan fingerprint density at radius 1 is 1.18 bits per heavy atom. The van der Waals surface area contributed by atoms with Crippen LogP contribution < -0.4 is 15.4 Å². The van der Waals surface area contributed by atoms with Crippen molar-refractivity contribution in [1.29, 1.82) is 0 Å². The quantitative estimate of drug-likeness (QED) is 0.585. The highest BCUT2D eigenvalue weighted by atomic mass is 16.5. The molecule has 1 amide bonds. The van der Waals surface area contributed by atoms with Crippen LogP contribution in [0.3, 0.4) is 0 Å². The highest BCUT2D eigenvalue weighted by Gasteiger charge is 2.26. The summed E-state index contributed by atoms with van der Waals surface area (Å²) in [6.07, 6.45) is 3.29. The number of nitrogens with one attached hydrogen (secondary N) is 2. The number of carbonyl (C=O) groups is 1. The molecule has 1 aromatic carbocycles. The van der Waals surface area contributed by atoms with Crippen molar-refractivity contribution in [2.45, 2.75) is 31.2 Å². The number of hydrogen-bond acceptors (Lipinski definition) is 4. The summed E-state index contributed by atoms with van der Waals surface area (Å²) in [5.74, 6) is 2.56. The lowest BCUT2D eigenvalue weighted by atomic mass is 9.93. The van der Waals surface area contributed by atoms with Crippen molar-refractivity contribution >= 4 is 11.9 Å². The second-order valence-electron chi connectivity index (χ2n) is 7.90. The van der Waals surface area contributed by atoms with Crippen LogP contribution in [0, 0.1) is 0 Å². The Labute approximate surface area is 167 Å². The molecule has 0 bridgehead atoms. The van der Waals surface area contributed by atoms with Gasteiger partial charge in [-0.05, 0) is 30.9 Å². The van der Waals surface area contributed by atoms with E-state index >= 15 is 0 Å². The molecule has 152 valence electrons. The normalized spacial score (nSPS) is 23.0. The highest BCUT2D eigenvalue weighted by molar-refractivity contribution is 5.80. The van der Waals surface area contributed by atoms with Crippen LogP contribution >= 0.6 is 0 Å². The number of rotatable bonds is 5. The molecule has 1 atom stereocenters. The van der Waals surface area contributed by atoms with Crippen LogP contribution in [0.4, 0.5) is 0 Å². The number of amides is 1. The van der Waals surface area contributed by atoms with E-state index in [4.69, 9.17) is 4.74 Å². The maximum absolute atomic E-state index is 12.0. The summed E-state index contributed by atoms with van der Waals surface area (Å²) >= 11 is 0. The zero-order chi connectivity index (χ0) is 19.3. The summed E-state index contributed by atoms with van der Waals surface area (Å²) in [5, 5.41) is 6.63. The summed E-state index contributed by atoms with van der Waals surface area (Å²) < 4.78 is 5.77. The van der Waals surface area contributed by atoms with Gasteiger partial charge in [0.05, 0.1) is 13.2 Å². The highest BCUT2D eigenvalue weighted by Crippen LogP contribution is 2.32. The van der Waals surface area contributed by atoms with Gasteiger partial charge in [0.25, 0.3) is 0 Å². The first kappa shape index (κ1) is 19.1. The topological polar surface area (TPSA) is 69.2 Å². The third-order valence-electron chi connectivity index (χ3n) is 5.78. The monoisotopic (exact) mass is 385 g/mol. The van der Waals surface area contributed by atoms with E-state index in [-0.39, 0.29) is 5.91 Å². The van der Waals surface area contributed by atoms with Gasteiger partial charge in [-0.1, -0.05) is 18.2 Å². The van der Waals surface area contributed by atoms with E-state index in [1.54, 1.807) is 0 Å². The minimum atomic E-state index is 0.164. The molecule has 28 heavy (non-hydrogen) atoms. The standard InChI is InChI=1S/C21H31N5O2/c1-22-21(23-14-16-8-13-28-19-5-3-2-4-18(16)19)26-11-9-25(10-12-26)15-20(27)24-17-6-7-17/h2-5,16-17H,6-15H2,1H3,(H,22,23)(H,24,27). The van der Waals surface area contributed by atoms with E-state index in [0.717, 1.165) is 70.3 Å². The average molecular weight is 386 g/mol. The number of carbonyl (C=O) groups excluding carboxylic acids is 1. The first-order valence-electron chi connectivity index (χ1n) is 10.4. The van der Waals surface area contributed by atoms with Gasteiger partial charge in [0.15, 0.2) is 5.96 Å². The molecule has 0 radical (unpaired) electrons. The molecule has 1 saturated heterocycles. The van der Waals surface area contributed by atoms with Crippen molar-refractivity contribution in [3.8, 4) is 5.75 Å². The maximum atomic E-state index is 12.0. The Bertz CT molecular complexity index is 711. The van der Waals surface area contributed by atoms with Crippen molar-refractivity contribution < 1.29 is 9.53 Å². The van der Waals surface area contributed by atoms with Gasteiger partial charge in [-0.25, -0.2) is 0 Å². The van der Waals surface area contributed by atoms with Crippen LogP contribution in [0.25, 0.3) is 0 Å². The van der Waals surface area contributed by atoms with Crippen LogP contribution in [0.15, 0.2) is 29.3 Å². The molecule has 1 aliphatic carbocycles. The molecule has 2 aliphatic heterocycles. The molecule has 2 fully saturated rings. The molecular weight excluding hydrogens is 354 g/mol. The van der Waals surface area contributed by atoms with E-state index in [2.05, 4.69) is 43.6 Å². The summed E-state index contributed by atoms with van der Waals surface area (Å²) in [5.41, 5.74) is 1.28. The van der Waals surface area contributed by atoms with Crippen molar-refractivity contribution in [3.63, 3.8) is 0 Å². The number of para-hydroxylation sites is 1. The third-order valence-corrected chi connectivity index (χ3v) is 5.78. The van der Waals surface area contributed by atoms with E-state index in [1.165, 1.54) is 5.56 Å². The second kappa shape index (κ2) is 8.82. The van der Waals surface area contributed by atoms with Gasteiger partial charge in [0.2, 0.25) is 5.91 Å². The smallest absolute Gasteiger partial charge is 0.234 e. The van der Waals surface area contributed by atoms with Crippen molar-refractivity contribution in [3.05, 3.63) is 29.8 Å². The average Bonchev–Trinajstić information content (AvgIpc) is 3.53. The number of fused-ring (bicyclic) bond motifs is 1. The minimum Gasteiger partial charge on any atom is -0.493 e. The first-order valence-corrected chi connectivity index (χ1v) is 10.4. The molecule has 7 heteroatoms. The molecule has 7 nitrogen and oxygen atoms in total. The van der Waals surface area contributed by atoms with Crippen LogP contribution in [0.2, 0.25) is 0 Å². The summed E-state index contributed by atoms with van der Waals surface area (Å²) in [4.78, 5) is 21.0. The fourth-order valence-electron chi connectivity index (χ4n) is 4.00. The Balaban J connectivity index is 1.24. The Kier molecular flexibility index (Phi) is 6.00. The lowest BCUT2D eigenvalue weighted by Crippen LogP contribution is -2.54. The van der Waals surface area contributed by atoms with E-state index in [1.807, 2.05) is 13.1 Å². The van der Waals surface area contributed by atoms with Crippen molar-refractivity contribution in [2.24, 2.45) is 4.99 Å². The predicted octanol–water partition coefficient (Wildman–Crippen LogP) is 1.02. The van der Waals surface area contributed by atoms with E-state index in [0.29, 0.717) is 18.5 Å². The van der Waals surface area contributed by atoms with Gasteiger partial charge in [0.1, 0.15) is 5.75 Å². The van der Waals surface area contributed by atoms with Gasteiger partial charge < -0.3 is 20.3 Å². The van der Waals surface area contributed by atoms with Crippen LogP contribution in [0.5, 0.6) is 5.75 Å². The molecular formula is C21H31N5O2. The Morgan fingerprint density at radius 2 is 1.96 bits per heavy atom. The van der Waals surface area contributed by atoms with Crippen molar-refractivity contribution in [2.75, 3.05) is 52.9 Å². The zero-order valence-corrected chi connectivity index (χ0v) is 16.7. The van der Waals surface area contributed by atoms with Gasteiger partial charge in [-0.15, -0.1) is 0 Å². The zero-order valence-electron chi connectivity index (χ0n) is 16.7. The molecule has 1 aromatic rings. The predicted molar refractivity (Wildman–Crippen MR) is 110 cm³/mol.